The molecule has 2 rings (SSSR count). The van der Waals surface area contributed by atoms with Crippen molar-refractivity contribution in [2.24, 2.45) is 5.92 Å². The van der Waals surface area contributed by atoms with Gasteiger partial charge in [0.15, 0.2) is 17.5 Å². The molecular weight excluding hydrogens is 368 g/mol. The number of cyclic esters (lactones) is 1. The number of aromatic nitrogens is 1. The van der Waals surface area contributed by atoms with Crippen molar-refractivity contribution in [3.8, 4) is 11.5 Å². The zero-order valence-corrected chi connectivity index (χ0v) is 16.5. The monoisotopic (exact) mass is 394 g/mol. The van der Waals surface area contributed by atoms with Crippen LogP contribution in [0.15, 0.2) is 12.3 Å². The molecule has 0 saturated carbocycles. The number of esters is 2. The first kappa shape index (κ1) is 21.6. The minimum Gasteiger partial charge on any atom is -0.493 e. The van der Waals surface area contributed by atoms with Crippen molar-refractivity contribution in [3.05, 3.63) is 18.0 Å². The highest BCUT2D eigenvalue weighted by atomic mass is 16.6. The van der Waals surface area contributed by atoms with Gasteiger partial charge in [-0.25, -0.2) is 9.78 Å². The lowest BCUT2D eigenvalue weighted by Gasteiger charge is -2.23. The van der Waals surface area contributed by atoms with Crippen LogP contribution in [-0.2, 0) is 19.1 Å². The Labute approximate surface area is 163 Å². The van der Waals surface area contributed by atoms with E-state index >= 15 is 0 Å². The van der Waals surface area contributed by atoms with E-state index in [2.05, 4.69) is 10.3 Å². The molecule has 1 aromatic rings. The maximum absolute atomic E-state index is 12.7. The lowest BCUT2D eigenvalue weighted by Crippen LogP contribution is -2.46. The molecule has 28 heavy (non-hydrogen) atoms. The number of carbonyl (C=O) groups excluding carboxylic acids is 3. The summed E-state index contributed by atoms with van der Waals surface area (Å²) >= 11 is 0. The lowest BCUT2D eigenvalue weighted by atomic mass is 9.97. The molecule has 3 atom stereocenters. The summed E-state index contributed by atoms with van der Waals surface area (Å²) < 4.78 is 21.3. The maximum atomic E-state index is 12.7. The first-order valence-electron chi connectivity index (χ1n) is 9.17. The van der Waals surface area contributed by atoms with E-state index in [4.69, 9.17) is 18.9 Å². The number of nitrogens with one attached hydrogen (secondary N) is 1. The van der Waals surface area contributed by atoms with Gasteiger partial charge >= 0.3 is 11.9 Å². The summed E-state index contributed by atoms with van der Waals surface area (Å²) in [5.41, 5.74) is -0.179. The van der Waals surface area contributed by atoms with Crippen LogP contribution in [0.4, 0.5) is 0 Å². The normalized spacial score (nSPS) is 22.9. The van der Waals surface area contributed by atoms with Crippen molar-refractivity contribution in [1.82, 2.24) is 10.3 Å². The molecule has 154 valence electrons. The van der Waals surface area contributed by atoms with Crippen LogP contribution in [0, 0.1) is 5.92 Å². The summed E-state index contributed by atoms with van der Waals surface area (Å²) in [6.45, 7) is 5.49. The molecule has 1 aromatic heterocycles. The smallest absolute Gasteiger partial charge is 0.331 e. The molecule has 1 aliphatic rings. The molecule has 1 N–H and O–H groups in total. The molecule has 0 aromatic carbocycles. The Balaban J connectivity index is 2.21. The molecule has 9 nitrogen and oxygen atoms in total. The first-order valence-corrected chi connectivity index (χ1v) is 9.17. The minimum absolute atomic E-state index is 0.0272. The fourth-order valence-electron chi connectivity index (χ4n) is 2.96. The van der Waals surface area contributed by atoms with Crippen LogP contribution in [0.2, 0.25) is 0 Å². The van der Waals surface area contributed by atoms with E-state index in [0.717, 1.165) is 12.8 Å². The van der Waals surface area contributed by atoms with Crippen LogP contribution in [0.3, 0.4) is 0 Å². The molecule has 1 amide bonds. The van der Waals surface area contributed by atoms with Gasteiger partial charge < -0.3 is 24.3 Å². The largest absolute Gasteiger partial charge is 0.493 e. The van der Waals surface area contributed by atoms with Gasteiger partial charge in [0.25, 0.3) is 5.91 Å². The summed E-state index contributed by atoms with van der Waals surface area (Å²) in [6, 6.07) is 0.447. The van der Waals surface area contributed by atoms with Gasteiger partial charge in [-0.2, -0.15) is 0 Å². The van der Waals surface area contributed by atoms with Crippen molar-refractivity contribution in [2.75, 3.05) is 20.3 Å². The molecule has 0 bridgehead atoms. The molecular formula is C19H26N2O7. The number of hydrogen-bond donors (Lipinski definition) is 1. The molecule has 0 aliphatic carbocycles. The van der Waals surface area contributed by atoms with E-state index in [9.17, 15) is 14.4 Å². The van der Waals surface area contributed by atoms with Crippen LogP contribution in [0.1, 0.15) is 44.1 Å². The van der Waals surface area contributed by atoms with Gasteiger partial charge in [-0.1, -0.05) is 6.92 Å². The number of amides is 1. The third kappa shape index (κ3) is 5.41. The Morgan fingerprint density at radius 2 is 2.14 bits per heavy atom. The second-order valence-corrected chi connectivity index (χ2v) is 6.48. The summed E-state index contributed by atoms with van der Waals surface area (Å²) in [6.07, 6.45) is 2.67. The Morgan fingerprint density at radius 3 is 2.79 bits per heavy atom. The van der Waals surface area contributed by atoms with Crippen LogP contribution in [0.5, 0.6) is 11.5 Å². The van der Waals surface area contributed by atoms with Crippen molar-refractivity contribution in [2.45, 2.75) is 45.8 Å². The first-order chi connectivity index (χ1) is 13.4. The Hall–Kier alpha value is -2.68. The second-order valence-electron chi connectivity index (χ2n) is 6.48. The number of rotatable bonds is 5. The van der Waals surface area contributed by atoms with Crippen LogP contribution < -0.4 is 14.8 Å². The van der Waals surface area contributed by atoms with Crippen molar-refractivity contribution >= 4 is 17.8 Å². The predicted molar refractivity (Wildman–Crippen MR) is 98.1 cm³/mol. The second kappa shape index (κ2) is 10.0. The summed E-state index contributed by atoms with van der Waals surface area (Å²) in [5, 5.41) is 2.55. The number of methoxy groups -OCH3 is 1. The molecule has 1 fully saturated rings. The topological polar surface area (TPSA) is 113 Å². The molecule has 1 saturated heterocycles. The molecule has 1 unspecified atom stereocenters. The predicted octanol–water partition coefficient (Wildman–Crippen LogP) is 1.49. The number of nitrogens with zero attached hydrogens (tertiary/aromatic N) is 1. The Kier molecular flexibility index (Phi) is 7.74. The number of hydrogen-bond acceptors (Lipinski definition) is 8. The Morgan fingerprint density at radius 1 is 1.39 bits per heavy atom. The number of pyridine rings is 1. The third-order valence-corrected chi connectivity index (χ3v) is 4.55. The maximum Gasteiger partial charge on any atom is 0.331 e. The minimum atomic E-state index is -1.01. The summed E-state index contributed by atoms with van der Waals surface area (Å²) in [4.78, 5) is 40.6. The molecule has 1 aliphatic heterocycles. The van der Waals surface area contributed by atoms with E-state index in [1.54, 1.807) is 0 Å². The van der Waals surface area contributed by atoms with Gasteiger partial charge in [-0.15, -0.1) is 0 Å². The highest BCUT2D eigenvalue weighted by Crippen LogP contribution is 2.29. The van der Waals surface area contributed by atoms with Crippen LogP contribution in [0.25, 0.3) is 0 Å². The van der Waals surface area contributed by atoms with Crippen molar-refractivity contribution in [1.29, 1.82) is 0 Å². The third-order valence-electron chi connectivity index (χ3n) is 4.55. The van der Waals surface area contributed by atoms with E-state index in [-0.39, 0.29) is 35.8 Å². The highest BCUT2D eigenvalue weighted by molar-refractivity contribution is 5.98. The molecule has 0 radical (unpaired) electrons. The van der Waals surface area contributed by atoms with E-state index < -0.39 is 23.9 Å². The van der Waals surface area contributed by atoms with Gasteiger partial charge in [0, 0.05) is 25.8 Å². The molecule has 0 spiro atoms. The zero-order chi connectivity index (χ0) is 20.7. The standard InChI is InChI=1S/C19H26N2O7/c1-5-13-7-9-26-10-14(19(24)27-11(13)2)21-18(23)16-17(28-12(3)22)15(25-4)6-8-20-16/h6,8,11,13-14H,5,7,9-10H2,1-4H3,(H,21,23)/t11?,13-,14+/m1/s1. The SMILES string of the molecule is CC[C@@H]1CCOC[C@H](NC(=O)c2nccc(OC)c2OC(C)=O)C(=O)OC1C. The van der Waals surface area contributed by atoms with E-state index in [1.165, 1.54) is 26.3 Å². The number of carbonyl (C=O) groups is 3. The fraction of sp³-hybridized carbons (Fsp3) is 0.579. The van der Waals surface area contributed by atoms with E-state index in [1.807, 2.05) is 13.8 Å². The average Bonchev–Trinajstić information content (AvgIpc) is 2.71. The highest BCUT2D eigenvalue weighted by Gasteiger charge is 2.31. The number of ether oxygens (including phenoxy) is 4. The summed E-state index contributed by atoms with van der Waals surface area (Å²) in [7, 11) is 1.37. The molecule has 2 heterocycles. The quantitative estimate of drug-likeness (QED) is 0.748. The summed E-state index contributed by atoms with van der Waals surface area (Å²) in [5.74, 6) is -1.69. The van der Waals surface area contributed by atoms with Crippen molar-refractivity contribution in [3.63, 3.8) is 0 Å². The van der Waals surface area contributed by atoms with E-state index in [0.29, 0.717) is 6.61 Å². The average molecular weight is 394 g/mol. The zero-order valence-electron chi connectivity index (χ0n) is 16.5. The lowest BCUT2D eigenvalue weighted by molar-refractivity contribution is -0.153. The van der Waals surface area contributed by atoms with Crippen molar-refractivity contribution < 1.29 is 33.3 Å². The fourth-order valence-corrected chi connectivity index (χ4v) is 2.96. The Bertz CT molecular complexity index is 722. The van der Waals surface area contributed by atoms with Gasteiger partial charge in [0.2, 0.25) is 5.75 Å². The van der Waals surface area contributed by atoms with Gasteiger partial charge in [-0.3, -0.25) is 9.59 Å². The van der Waals surface area contributed by atoms with Gasteiger partial charge in [0.05, 0.1) is 13.7 Å². The van der Waals surface area contributed by atoms with Gasteiger partial charge in [-0.05, 0) is 25.7 Å². The molecule has 9 heteroatoms. The van der Waals surface area contributed by atoms with Gasteiger partial charge in [0.1, 0.15) is 6.10 Å². The van der Waals surface area contributed by atoms with Crippen LogP contribution >= 0.6 is 0 Å². The van der Waals surface area contributed by atoms with Crippen LogP contribution in [-0.4, -0.2) is 55.3 Å².